The summed E-state index contributed by atoms with van der Waals surface area (Å²) in [4.78, 5) is 50.0. The van der Waals surface area contributed by atoms with E-state index in [2.05, 4.69) is 10.6 Å². The number of ether oxygens (including phenoxy) is 5. The van der Waals surface area contributed by atoms with Gasteiger partial charge in [0.15, 0.2) is 7.20 Å². The number of fused-ring (bicyclic) bond motifs is 3. The van der Waals surface area contributed by atoms with Crippen LogP contribution in [0.1, 0.15) is 72.3 Å². The van der Waals surface area contributed by atoms with Crippen LogP contribution in [0, 0.1) is 0 Å². The summed E-state index contributed by atoms with van der Waals surface area (Å²) in [6.45, 7) is 3.63. The van der Waals surface area contributed by atoms with Crippen molar-refractivity contribution >= 4 is 29.4 Å². The Bertz CT molecular complexity index is 1320. The van der Waals surface area contributed by atoms with Gasteiger partial charge in [0.05, 0.1) is 6.61 Å². The zero-order valence-corrected chi connectivity index (χ0v) is 26.8. The smallest absolute Gasteiger partial charge is 0.404 e. The number of methoxy groups -OCH3 is 2. The lowest BCUT2D eigenvalue weighted by molar-refractivity contribution is -0.121. The maximum absolute atomic E-state index is 13.4. The lowest BCUT2D eigenvalue weighted by atomic mass is 9.93. The molecule has 0 radical (unpaired) electrons. The molecule has 0 spiro atoms. The highest BCUT2D eigenvalue weighted by Crippen LogP contribution is 2.47. The number of rotatable bonds is 23. The molecule has 0 saturated carbocycles. The summed E-state index contributed by atoms with van der Waals surface area (Å²) in [7, 11) is 3.28. The predicted molar refractivity (Wildman–Crippen MR) is 173 cm³/mol. The number of hydrogen-bond donors (Lipinski definition) is 3. The van der Waals surface area contributed by atoms with Crippen LogP contribution >= 0.6 is 0 Å². The summed E-state index contributed by atoms with van der Waals surface area (Å²) in [5.74, 6) is -0.807. The fourth-order valence-corrected chi connectivity index (χ4v) is 5.32. The molecule has 3 amide bonds. The van der Waals surface area contributed by atoms with Crippen LogP contribution in [-0.2, 0) is 33.3 Å². The first-order chi connectivity index (χ1) is 22.9. The third-order valence-electron chi connectivity index (χ3n) is 7.48. The number of carbonyl (C=O) groups excluding carboxylic acids is 4. The van der Waals surface area contributed by atoms with Crippen LogP contribution < -0.4 is 16.4 Å². The van der Waals surface area contributed by atoms with Crippen LogP contribution in [0.4, 0.5) is 10.5 Å². The summed E-state index contributed by atoms with van der Waals surface area (Å²) in [5, 5.41) is 5.68. The Hall–Kier alpha value is -3.84. The summed E-state index contributed by atoms with van der Waals surface area (Å²) in [6, 6.07) is 11.0. The second kappa shape index (κ2) is 20.3. The molecule has 0 saturated heterocycles. The number of ketones is 1. The molecule has 0 aromatic heterocycles. The maximum Gasteiger partial charge on any atom is 0.404 e. The highest BCUT2D eigenvalue weighted by Gasteiger charge is 2.33. The first kappa shape index (κ1) is 35.0. The Balaban J connectivity index is 1.61. The van der Waals surface area contributed by atoms with Gasteiger partial charge >= 0.3 is 6.09 Å². The molecule has 1 atom stereocenters. The molecule has 12 heteroatoms. The summed E-state index contributed by atoms with van der Waals surface area (Å²) < 4.78 is 33.4. The van der Waals surface area contributed by atoms with Gasteiger partial charge in [0.2, 0.25) is 11.8 Å². The van der Waals surface area contributed by atoms with E-state index in [9.17, 15) is 19.2 Å². The third-order valence-corrected chi connectivity index (χ3v) is 7.48. The molecular weight excluding hydrogens is 594 g/mol. The van der Waals surface area contributed by atoms with Crippen molar-refractivity contribution in [2.24, 2.45) is 5.73 Å². The van der Waals surface area contributed by atoms with E-state index in [-0.39, 0.29) is 37.0 Å². The Morgan fingerprint density at radius 2 is 1.52 bits per heavy atom. The van der Waals surface area contributed by atoms with E-state index in [1.807, 2.05) is 24.3 Å². The highest BCUT2D eigenvalue weighted by atomic mass is 16.5. The molecule has 3 rings (SSSR count). The molecule has 0 fully saturated rings. The molecule has 0 heterocycles. The fraction of sp³-hybridized carbons (Fsp3) is 0.529. The quantitative estimate of drug-likeness (QED) is 0.119. The molecule has 0 aliphatic heterocycles. The molecule has 1 aliphatic carbocycles. The molecule has 46 heavy (non-hydrogen) atoms. The monoisotopic (exact) mass is 642 g/mol. The lowest BCUT2D eigenvalue weighted by Gasteiger charge is -2.14. The number of anilines is 1. The van der Waals surface area contributed by atoms with Crippen molar-refractivity contribution in [3.05, 3.63) is 53.1 Å². The second-order valence-electron chi connectivity index (χ2n) is 10.9. The minimum absolute atomic E-state index is 0.0187. The number of nitrogens with two attached hydrogens (primary N) is 1. The van der Waals surface area contributed by atoms with E-state index in [4.69, 9.17) is 25.1 Å². The largest absolute Gasteiger partial charge is 0.449 e. The molecule has 12 nitrogen and oxygen atoms in total. The molecule has 1 aliphatic rings. The van der Waals surface area contributed by atoms with Gasteiger partial charge in [0, 0.05) is 90.2 Å². The number of benzene rings is 2. The Morgan fingerprint density at radius 1 is 0.804 bits per heavy atom. The van der Waals surface area contributed by atoms with Crippen LogP contribution in [0.2, 0.25) is 1.41 Å². The van der Waals surface area contributed by atoms with Crippen molar-refractivity contribution in [3.8, 4) is 11.1 Å². The molecule has 252 valence electrons. The Labute approximate surface area is 272 Å². The van der Waals surface area contributed by atoms with Crippen LogP contribution in [0.3, 0.4) is 0 Å². The van der Waals surface area contributed by atoms with Crippen molar-refractivity contribution in [2.75, 3.05) is 72.3 Å². The van der Waals surface area contributed by atoms with E-state index in [0.29, 0.717) is 76.7 Å². The number of Topliss-reactive ketones (excluding diaryl/α,β-unsaturated/α-hetero) is 1. The highest BCUT2D eigenvalue weighted by molar-refractivity contribution is 6.05. The number of nitrogens with one attached hydrogen (secondary N) is 2. The van der Waals surface area contributed by atoms with E-state index in [0.717, 1.165) is 35.1 Å². The minimum Gasteiger partial charge on any atom is -0.449 e. The van der Waals surface area contributed by atoms with Crippen molar-refractivity contribution in [1.29, 1.82) is 0 Å². The van der Waals surface area contributed by atoms with Gasteiger partial charge in [0.1, 0.15) is 6.61 Å². The number of hydrogen-bond acceptors (Lipinski definition) is 9. The van der Waals surface area contributed by atoms with Crippen LogP contribution in [0.15, 0.2) is 36.4 Å². The van der Waals surface area contributed by atoms with Crippen molar-refractivity contribution < 1.29 is 44.3 Å². The molecular formula is C34H47N3O9. The topological polar surface area (TPSA) is 165 Å². The zero-order valence-electron chi connectivity index (χ0n) is 27.8. The standard InChI is InChI=1S/C34H47N3O9/c1-42-16-6-19-44-18-5-10-30(38)27-9-3-8-25-29(23-46-34(35)41)28-22-24(13-14-26(28)33(25)27)37-32(40)12-4-11-31(39)36-15-21-45-20-7-17-43-2/h3,8-9,13-14,22,29H,4-7,10-12,15-21,23H2,1-2H3,(H2,35,41)(H,36,39)(H,37,40)/i/hD. The van der Waals surface area contributed by atoms with Crippen LogP contribution in [0.5, 0.6) is 0 Å². The van der Waals surface area contributed by atoms with Crippen LogP contribution in [-0.4, -0.2) is 90.7 Å². The number of primary amides is 1. The van der Waals surface area contributed by atoms with Gasteiger partial charge in [-0.2, -0.15) is 0 Å². The predicted octanol–water partition coefficient (Wildman–Crippen LogP) is 4.19. The van der Waals surface area contributed by atoms with Gasteiger partial charge in [-0.05, 0) is 60.1 Å². The average molecular weight is 643 g/mol. The van der Waals surface area contributed by atoms with E-state index in [1.54, 1.807) is 32.1 Å². The minimum atomic E-state index is -0.888. The van der Waals surface area contributed by atoms with Gasteiger partial charge < -0.3 is 40.0 Å². The normalized spacial score (nSPS) is 13.3. The van der Waals surface area contributed by atoms with Gasteiger partial charge in [-0.15, -0.1) is 0 Å². The van der Waals surface area contributed by atoms with Crippen molar-refractivity contribution in [3.63, 3.8) is 0 Å². The summed E-state index contributed by atoms with van der Waals surface area (Å²) >= 11 is 0. The molecule has 1 unspecified atom stereocenters. The molecule has 2 aromatic rings. The number of carbonyl (C=O) groups is 4. The van der Waals surface area contributed by atoms with Gasteiger partial charge in [-0.3, -0.25) is 14.4 Å². The van der Waals surface area contributed by atoms with Crippen molar-refractivity contribution in [2.45, 2.75) is 50.9 Å². The maximum atomic E-state index is 13.4. The first-order valence-electron chi connectivity index (χ1n) is 16.2. The molecule has 0 bridgehead atoms. The summed E-state index contributed by atoms with van der Waals surface area (Å²) in [6.07, 6.45) is 2.34. The van der Waals surface area contributed by atoms with Gasteiger partial charge in [-0.1, -0.05) is 24.3 Å². The summed E-state index contributed by atoms with van der Waals surface area (Å²) in [5.41, 5.74) is 6.05. The van der Waals surface area contributed by atoms with Gasteiger partial charge in [-0.25, -0.2) is 4.79 Å². The zero-order chi connectivity index (χ0) is 33.9. The van der Waals surface area contributed by atoms with Crippen molar-refractivity contribution in [1.82, 2.24) is 5.32 Å². The fourth-order valence-electron chi connectivity index (χ4n) is 5.32. The second-order valence-corrected chi connectivity index (χ2v) is 10.9. The Morgan fingerprint density at radius 3 is 2.26 bits per heavy atom. The average Bonchev–Trinajstić information content (AvgIpc) is 3.38. The van der Waals surface area contributed by atoms with Gasteiger partial charge in [0.25, 0.3) is 0 Å². The van der Waals surface area contributed by atoms with E-state index in [1.165, 1.54) is 0 Å². The third kappa shape index (κ3) is 11.8. The van der Waals surface area contributed by atoms with E-state index >= 15 is 0 Å². The number of amides is 3. The lowest BCUT2D eigenvalue weighted by Crippen LogP contribution is -2.27. The molecule has 2 aromatic carbocycles. The van der Waals surface area contributed by atoms with Crippen LogP contribution in [0.25, 0.3) is 11.1 Å². The molecule has 4 N–H and O–H groups in total. The van der Waals surface area contributed by atoms with E-state index < -0.39 is 12.0 Å². The SMILES string of the molecule is [2H]NC(=O)OCC1c2cc(NC(=O)CCCC(=O)NCCOCCCOC)ccc2-c2c(C(=O)CCCOCCCOC)cccc21. The Kier molecular flexibility index (Phi) is 15.5. The first-order valence-corrected chi connectivity index (χ1v) is 15.7.